The largest absolute Gasteiger partial charge is 0.475 e. The summed E-state index contributed by atoms with van der Waals surface area (Å²) in [5.41, 5.74) is 1.36. The van der Waals surface area contributed by atoms with Gasteiger partial charge in [-0.1, -0.05) is 26.0 Å². The Labute approximate surface area is 144 Å². The fourth-order valence-corrected chi connectivity index (χ4v) is 2.30. The molecule has 2 aromatic rings. The zero-order chi connectivity index (χ0) is 17.7. The molecule has 0 saturated carbocycles. The van der Waals surface area contributed by atoms with Crippen molar-refractivity contribution in [2.45, 2.75) is 20.3 Å². The summed E-state index contributed by atoms with van der Waals surface area (Å²) in [6.07, 6.45) is 0.395. The van der Waals surface area contributed by atoms with E-state index in [1.54, 1.807) is 30.3 Å². The summed E-state index contributed by atoms with van der Waals surface area (Å²) in [6, 6.07) is 10.1. The average molecular weight is 346 g/mol. The first-order valence-corrected chi connectivity index (χ1v) is 7.80. The van der Waals surface area contributed by atoms with Gasteiger partial charge in [0.1, 0.15) is 5.76 Å². The van der Waals surface area contributed by atoms with Crippen LogP contribution in [0.2, 0.25) is 0 Å². The summed E-state index contributed by atoms with van der Waals surface area (Å²) in [5.74, 6) is -0.704. The summed E-state index contributed by atoms with van der Waals surface area (Å²) in [5, 5.41) is 14.7. The number of furan rings is 1. The summed E-state index contributed by atoms with van der Waals surface area (Å²) in [6.45, 7) is 3.91. The number of carbonyl (C=O) groups is 2. The molecule has 2 rings (SSSR count). The van der Waals surface area contributed by atoms with E-state index in [0.717, 1.165) is 0 Å². The summed E-state index contributed by atoms with van der Waals surface area (Å²) in [7, 11) is 0. The molecule has 0 aliphatic carbocycles. The summed E-state index contributed by atoms with van der Waals surface area (Å²) in [4.78, 5) is 22.6. The van der Waals surface area contributed by atoms with Gasteiger partial charge in [-0.15, -0.1) is 0 Å². The lowest BCUT2D eigenvalue weighted by atomic mass is 10.1. The van der Waals surface area contributed by atoms with Crippen LogP contribution in [0.25, 0.3) is 11.3 Å². The van der Waals surface area contributed by atoms with Crippen LogP contribution in [0.3, 0.4) is 0 Å². The highest BCUT2D eigenvalue weighted by molar-refractivity contribution is 7.80. The minimum absolute atomic E-state index is 0.125. The number of nitrogens with one attached hydrogen (secondary N) is 2. The smallest absolute Gasteiger partial charge is 0.371 e. The number of carboxylic acids is 1. The summed E-state index contributed by atoms with van der Waals surface area (Å²) < 4.78 is 5.27. The van der Waals surface area contributed by atoms with Crippen molar-refractivity contribution in [2.24, 2.45) is 5.92 Å². The third-order valence-electron chi connectivity index (χ3n) is 3.07. The van der Waals surface area contributed by atoms with Gasteiger partial charge in [0.25, 0.3) is 0 Å². The number of hydrogen-bond acceptors (Lipinski definition) is 4. The molecule has 0 unspecified atom stereocenters. The number of aromatic carboxylic acids is 1. The van der Waals surface area contributed by atoms with Crippen LogP contribution in [0, 0.1) is 5.92 Å². The lowest BCUT2D eigenvalue weighted by molar-refractivity contribution is -0.120. The average Bonchev–Trinajstić information content (AvgIpc) is 2.96. The van der Waals surface area contributed by atoms with E-state index >= 15 is 0 Å². The van der Waals surface area contributed by atoms with E-state index in [4.69, 9.17) is 21.7 Å². The number of anilines is 1. The molecule has 6 nitrogen and oxygen atoms in total. The van der Waals surface area contributed by atoms with Crippen LogP contribution < -0.4 is 10.6 Å². The predicted octanol–water partition coefficient (Wildman–Crippen LogP) is 3.50. The molecule has 126 valence electrons. The third-order valence-corrected chi connectivity index (χ3v) is 3.27. The van der Waals surface area contributed by atoms with Crippen LogP contribution in [-0.4, -0.2) is 22.1 Å². The second-order valence-electron chi connectivity index (χ2n) is 5.65. The van der Waals surface area contributed by atoms with Crippen molar-refractivity contribution in [2.75, 3.05) is 5.32 Å². The SMILES string of the molecule is CC(C)CC(=O)NC(=S)Nc1cccc(-c2ccc(C(=O)O)o2)c1. The van der Waals surface area contributed by atoms with Crippen molar-refractivity contribution < 1.29 is 19.1 Å². The molecule has 0 aliphatic heterocycles. The predicted molar refractivity (Wildman–Crippen MR) is 94.9 cm³/mol. The normalized spacial score (nSPS) is 10.5. The van der Waals surface area contributed by atoms with Gasteiger partial charge in [-0.3, -0.25) is 4.79 Å². The molecule has 0 fully saturated rings. The minimum atomic E-state index is -1.12. The molecule has 1 aromatic carbocycles. The summed E-state index contributed by atoms with van der Waals surface area (Å²) >= 11 is 5.12. The second-order valence-corrected chi connectivity index (χ2v) is 6.06. The number of thiocarbonyl (C=S) groups is 1. The van der Waals surface area contributed by atoms with Crippen LogP contribution >= 0.6 is 12.2 Å². The van der Waals surface area contributed by atoms with Crippen LogP contribution in [0.1, 0.15) is 30.8 Å². The number of benzene rings is 1. The molecule has 24 heavy (non-hydrogen) atoms. The maximum absolute atomic E-state index is 11.7. The van der Waals surface area contributed by atoms with Gasteiger partial charge in [-0.2, -0.15) is 0 Å². The maximum Gasteiger partial charge on any atom is 0.371 e. The minimum Gasteiger partial charge on any atom is -0.475 e. The van der Waals surface area contributed by atoms with E-state index in [9.17, 15) is 9.59 Å². The molecule has 0 saturated heterocycles. The Hall–Kier alpha value is -2.67. The highest BCUT2D eigenvalue weighted by atomic mass is 32.1. The molecule has 0 spiro atoms. The van der Waals surface area contributed by atoms with E-state index in [1.165, 1.54) is 6.07 Å². The molecule has 1 aromatic heterocycles. The van der Waals surface area contributed by atoms with Crippen LogP contribution in [0.4, 0.5) is 5.69 Å². The highest BCUT2D eigenvalue weighted by Crippen LogP contribution is 2.24. The number of carboxylic acid groups (broad SMARTS) is 1. The molecule has 1 amide bonds. The molecule has 7 heteroatoms. The van der Waals surface area contributed by atoms with Gasteiger partial charge in [-0.05, 0) is 42.4 Å². The molecule has 0 aliphatic rings. The zero-order valence-corrected chi connectivity index (χ0v) is 14.1. The van der Waals surface area contributed by atoms with Crippen LogP contribution in [0.15, 0.2) is 40.8 Å². The van der Waals surface area contributed by atoms with Gasteiger partial charge in [-0.25, -0.2) is 4.79 Å². The third kappa shape index (κ3) is 4.92. The lowest BCUT2D eigenvalue weighted by Crippen LogP contribution is -2.34. The zero-order valence-electron chi connectivity index (χ0n) is 13.3. The van der Waals surface area contributed by atoms with Crippen molar-refractivity contribution in [1.82, 2.24) is 5.32 Å². The van der Waals surface area contributed by atoms with E-state index in [-0.39, 0.29) is 22.7 Å². The monoisotopic (exact) mass is 346 g/mol. The van der Waals surface area contributed by atoms with Crippen molar-refractivity contribution in [3.63, 3.8) is 0 Å². The van der Waals surface area contributed by atoms with Gasteiger partial charge >= 0.3 is 5.97 Å². The van der Waals surface area contributed by atoms with Crippen molar-refractivity contribution in [3.05, 3.63) is 42.2 Å². The van der Waals surface area contributed by atoms with Gasteiger partial charge in [0.15, 0.2) is 5.11 Å². The molecule has 0 radical (unpaired) electrons. The van der Waals surface area contributed by atoms with Gasteiger partial charge < -0.3 is 20.2 Å². The van der Waals surface area contributed by atoms with Gasteiger partial charge in [0, 0.05) is 17.7 Å². The first-order valence-electron chi connectivity index (χ1n) is 7.39. The maximum atomic E-state index is 11.7. The molecular formula is C17H18N2O4S. The number of rotatable bonds is 5. The molecule has 0 bridgehead atoms. The second kappa shape index (κ2) is 7.74. The van der Waals surface area contributed by atoms with Crippen molar-refractivity contribution >= 4 is 34.9 Å². The van der Waals surface area contributed by atoms with Crippen molar-refractivity contribution in [3.8, 4) is 11.3 Å². The molecular weight excluding hydrogens is 328 g/mol. The Bertz CT molecular complexity index is 767. The quantitative estimate of drug-likeness (QED) is 0.718. The van der Waals surface area contributed by atoms with Gasteiger partial charge in [0.2, 0.25) is 11.7 Å². The number of amides is 1. The Morgan fingerprint density at radius 3 is 2.62 bits per heavy atom. The van der Waals surface area contributed by atoms with E-state index in [2.05, 4.69) is 10.6 Å². The fourth-order valence-electron chi connectivity index (χ4n) is 2.07. The van der Waals surface area contributed by atoms with E-state index in [0.29, 0.717) is 23.4 Å². The number of carbonyl (C=O) groups excluding carboxylic acids is 1. The number of hydrogen-bond donors (Lipinski definition) is 3. The van der Waals surface area contributed by atoms with Crippen molar-refractivity contribution in [1.29, 1.82) is 0 Å². The topological polar surface area (TPSA) is 91.6 Å². The standard InChI is InChI=1S/C17H18N2O4S/c1-10(2)8-15(20)19-17(24)18-12-5-3-4-11(9-12)13-6-7-14(23-13)16(21)22/h3-7,9-10H,8H2,1-2H3,(H,21,22)(H2,18,19,20,24). The molecule has 0 atom stereocenters. The van der Waals surface area contributed by atoms with Crippen LogP contribution in [0.5, 0.6) is 0 Å². The first kappa shape index (κ1) is 17.7. The Morgan fingerprint density at radius 2 is 2.00 bits per heavy atom. The van der Waals surface area contributed by atoms with Crippen LogP contribution in [-0.2, 0) is 4.79 Å². The molecule has 1 heterocycles. The molecule has 3 N–H and O–H groups in total. The van der Waals surface area contributed by atoms with Gasteiger partial charge in [0.05, 0.1) is 0 Å². The lowest BCUT2D eigenvalue weighted by Gasteiger charge is -2.11. The van der Waals surface area contributed by atoms with E-state index in [1.807, 2.05) is 13.8 Å². The highest BCUT2D eigenvalue weighted by Gasteiger charge is 2.11. The Morgan fingerprint density at radius 1 is 1.25 bits per heavy atom. The van der Waals surface area contributed by atoms with E-state index < -0.39 is 5.97 Å². The fraction of sp³-hybridized carbons (Fsp3) is 0.235. The first-order chi connectivity index (χ1) is 11.3. The Kier molecular flexibility index (Phi) is 5.70. The Balaban J connectivity index is 2.05.